The first-order valence-corrected chi connectivity index (χ1v) is 21.6. The molecule has 0 aliphatic carbocycles. The van der Waals surface area contributed by atoms with Gasteiger partial charge in [0.1, 0.15) is 0 Å². The Morgan fingerprint density at radius 3 is 0.615 bits per heavy atom. The van der Waals surface area contributed by atoms with E-state index < -0.39 is 0 Å². The highest BCUT2D eigenvalue weighted by Crippen LogP contribution is 2.51. The summed E-state index contributed by atoms with van der Waals surface area (Å²) in [5.74, 6) is 0. The van der Waals surface area contributed by atoms with Crippen LogP contribution in [0.15, 0.2) is 244 Å². The van der Waals surface area contributed by atoms with Crippen LogP contribution in [-0.2, 0) is 0 Å². The minimum Gasteiger partial charge on any atom is -0.308 e. The van der Waals surface area contributed by atoms with E-state index in [1.54, 1.807) is 0 Å². The SMILES string of the molecule is c1cc(-c2ccc(-c3c(-c4ccc(-c5ccncc5)cc4)c(-c4ccc(-c5ccncc5)cc4)n(-c4ccc(-c5ccncc5)cc4)c3-c3ccc(-c4ccncc4)cc3)cc2)ccn1. The molecule has 0 saturated carbocycles. The Bertz CT molecular complexity index is 2770. The van der Waals surface area contributed by atoms with E-state index in [4.69, 9.17) is 0 Å². The van der Waals surface area contributed by atoms with Crippen LogP contribution in [0.3, 0.4) is 0 Å². The highest BCUT2D eigenvalue weighted by Gasteiger charge is 2.28. The van der Waals surface area contributed by atoms with Crippen molar-refractivity contribution in [3.63, 3.8) is 0 Å². The van der Waals surface area contributed by atoms with E-state index in [0.29, 0.717) is 0 Å². The number of hydrogen-bond donors (Lipinski definition) is 0. The molecule has 6 aromatic heterocycles. The van der Waals surface area contributed by atoms with Crippen molar-refractivity contribution in [2.45, 2.75) is 0 Å². The van der Waals surface area contributed by atoms with Gasteiger partial charge in [-0.1, -0.05) is 109 Å². The molecule has 11 aromatic rings. The molecule has 0 unspecified atom stereocenters. The second-order valence-corrected chi connectivity index (χ2v) is 15.8. The highest BCUT2D eigenvalue weighted by molar-refractivity contribution is 6.03. The first-order chi connectivity index (χ1) is 32.2. The lowest BCUT2D eigenvalue weighted by Gasteiger charge is -2.17. The van der Waals surface area contributed by atoms with Gasteiger partial charge in [-0.05, 0) is 151 Å². The average molecular weight is 833 g/mol. The summed E-state index contributed by atoms with van der Waals surface area (Å²) in [5, 5.41) is 0. The molecule has 65 heavy (non-hydrogen) atoms. The lowest BCUT2D eigenvalue weighted by molar-refractivity contribution is 1.10. The van der Waals surface area contributed by atoms with Crippen molar-refractivity contribution < 1.29 is 0 Å². The Hall–Kier alpha value is -8.87. The number of nitrogens with zero attached hydrogens (tertiary/aromatic N) is 6. The summed E-state index contributed by atoms with van der Waals surface area (Å²) in [5.41, 5.74) is 21.0. The Morgan fingerprint density at radius 1 is 0.185 bits per heavy atom. The Labute approximate surface area is 378 Å². The van der Waals surface area contributed by atoms with Crippen molar-refractivity contribution in [3.8, 4) is 106 Å². The van der Waals surface area contributed by atoms with Gasteiger partial charge in [0.15, 0.2) is 0 Å². The van der Waals surface area contributed by atoms with Gasteiger partial charge in [0.05, 0.1) is 11.4 Å². The summed E-state index contributed by atoms with van der Waals surface area (Å²) in [6.07, 6.45) is 18.4. The molecule has 0 amide bonds. The van der Waals surface area contributed by atoms with Crippen LogP contribution in [0.25, 0.3) is 106 Å². The summed E-state index contributed by atoms with van der Waals surface area (Å²) in [6.45, 7) is 0. The second-order valence-electron chi connectivity index (χ2n) is 15.8. The average Bonchev–Trinajstić information content (AvgIpc) is 3.76. The van der Waals surface area contributed by atoms with Crippen molar-refractivity contribution in [1.29, 1.82) is 0 Å². The van der Waals surface area contributed by atoms with Crippen molar-refractivity contribution in [1.82, 2.24) is 29.5 Å². The molecular formula is C59H40N6. The fraction of sp³-hybridized carbons (Fsp3) is 0. The molecule has 0 bridgehead atoms. The van der Waals surface area contributed by atoms with Gasteiger partial charge >= 0.3 is 0 Å². The van der Waals surface area contributed by atoms with E-state index in [0.717, 1.165) is 106 Å². The highest BCUT2D eigenvalue weighted by atomic mass is 15.0. The molecule has 0 N–H and O–H groups in total. The summed E-state index contributed by atoms with van der Waals surface area (Å²) >= 11 is 0. The standard InChI is InChI=1S/C59H40N6/c1-9-51(10-2-41(1)46-21-31-60-32-22-46)56-57(52-11-3-42(4-12-52)47-23-33-61-34-24-47)59(54-15-7-44(8-16-54)49-27-37-63-38-28-49)65(55-19-17-45(18-20-55)50-29-39-64-40-30-50)58(56)53-13-5-43(6-14-53)48-25-35-62-36-26-48/h1-40H. The van der Waals surface area contributed by atoms with Crippen LogP contribution in [-0.4, -0.2) is 29.5 Å². The first kappa shape index (κ1) is 39.0. The van der Waals surface area contributed by atoms with Crippen LogP contribution in [0.5, 0.6) is 0 Å². The predicted octanol–water partition coefficient (Wildman–Crippen LogP) is 14.5. The monoisotopic (exact) mass is 832 g/mol. The number of hydrogen-bond acceptors (Lipinski definition) is 5. The molecular weight excluding hydrogens is 793 g/mol. The fourth-order valence-electron chi connectivity index (χ4n) is 8.76. The molecule has 6 heteroatoms. The second kappa shape index (κ2) is 17.5. The van der Waals surface area contributed by atoms with Crippen LogP contribution in [0.4, 0.5) is 0 Å². The molecule has 0 atom stereocenters. The zero-order valence-corrected chi connectivity index (χ0v) is 35.3. The largest absolute Gasteiger partial charge is 0.308 e. The molecule has 0 aliphatic heterocycles. The third-order valence-corrected chi connectivity index (χ3v) is 12.0. The van der Waals surface area contributed by atoms with Gasteiger partial charge in [0.25, 0.3) is 0 Å². The Kier molecular flexibility index (Phi) is 10.5. The van der Waals surface area contributed by atoms with Crippen LogP contribution < -0.4 is 0 Å². The van der Waals surface area contributed by atoms with E-state index in [9.17, 15) is 0 Å². The lowest BCUT2D eigenvalue weighted by Crippen LogP contribution is -2.01. The molecule has 0 spiro atoms. The number of rotatable bonds is 10. The molecule has 0 radical (unpaired) electrons. The van der Waals surface area contributed by atoms with Crippen LogP contribution >= 0.6 is 0 Å². The third-order valence-electron chi connectivity index (χ3n) is 12.0. The zero-order valence-electron chi connectivity index (χ0n) is 35.3. The predicted molar refractivity (Wildman–Crippen MR) is 264 cm³/mol. The molecule has 0 fully saturated rings. The quantitative estimate of drug-likeness (QED) is 0.137. The molecule has 6 nitrogen and oxygen atoms in total. The van der Waals surface area contributed by atoms with Gasteiger partial charge in [-0.2, -0.15) is 0 Å². The summed E-state index contributed by atoms with van der Waals surface area (Å²) in [4.78, 5) is 21.4. The van der Waals surface area contributed by atoms with Crippen molar-refractivity contribution >= 4 is 0 Å². The molecule has 306 valence electrons. The van der Waals surface area contributed by atoms with Gasteiger partial charge < -0.3 is 4.57 Å². The summed E-state index contributed by atoms with van der Waals surface area (Å²) < 4.78 is 2.47. The topological polar surface area (TPSA) is 69.4 Å². The molecule has 0 saturated heterocycles. The Morgan fingerprint density at radius 2 is 0.369 bits per heavy atom. The van der Waals surface area contributed by atoms with Crippen LogP contribution in [0.2, 0.25) is 0 Å². The van der Waals surface area contributed by atoms with E-state index in [2.05, 4.69) is 211 Å². The third kappa shape index (κ3) is 7.81. The van der Waals surface area contributed by atoms with Gasteiger partial charge in [0.2, 0.25) is 0 Å². The zero-order chi connectivity index (χ0) is 43.4. The number of aromatic nitrogens is 6. The van der Waals surface area contributed by atoms with Gasteiger partial charge in [-0.3, -0.25) is 24.9 Å². The van der Waals surface area contributed by atoms with Crippen molar-refractivity contribution in [2.24, 2.45) is 0 Å². The van der Waals surface area contributed by atoms with E-state index in [-0.39, 0.29) is 0 Å². The van der Waals surface area contributed by atoms with E-state index in [1.165, 1.54) is 0 Å². The lowest BCUT2D eigenvalue weighted by atomic mass is 9.89. The fourth-order valence-corrected chi connectivity index (χ4v) is 8.76. The molecule has 5 aromatic carbocycles. The minimum atomic E-state index is 1.04. The van der Waals surface area contributed by atoms with Crippen molar-refractivity contribution in [2.75, 3.05) is 0 Å². The van der Waals surface area contributed by atoms with Gasteiger partial charge in [-0.25, -0.2) is 0 Å². The maximum absolute atomic E-state index is 4.28. The first-order valence-electron chi connectivity index (χ1n) is 21.6. The minimum absolute atomic E-state index is 1.04. The normalized spacial score (nSPS) is 11.1. The maximum atomic E-state index is 4.28. The van der Waals surface area contributed by atoms with Gasteiger partial charge in [-0.15, -0.1) is 0 Å². The maximum Gasteiger partial charge on any atom is 0.0619 e. The molecule has 0 aliphatic rings. The van der Waals surface area contributed by atoms with Crippen LogP contribution in [0.1, 0.15) is 0 Å². The number of pyridine rings is 5. The molecule has 6 heterocycles. The number of benzene rings is 5. The summed E-state index contributed by atoms with van der Waals surface area (Å²) in [6, 6.07) is 65.3. The van der Waals surface area contributed by atoms with E-state index >= 15 is 0 Å². The van der Waals surface area contributed by atoms with Gasteiger partial charge in [0, 0.05) is 78.8 Å². The summed E-state index contributed by atoms with van der Waals surface area (Å²) in [7, 11) is 0. The van der Waals surface area contributed by atoms with E-state index in [1.807, 2.05) is 62.0 Å². The molecule has 11 rings (SSSR count). The smallest absolute Gasteiger partial charge is 0.0619 e. The van der Waals surface area contributed by atoms with Crippen molar-refractivity contribution in [3.05, 3.63) is 244 Å². The Balaban J connectivity index is 1.21. The van der Waals surface area contributed by atoms with Crippen LogP contribution in [0, 0.1) is 0 Å².